The van der Waals surface area contributed by atoms with Gasteiger partial charge in [-0.15, -0.1) is 0 Å². The molecule has 1 aliphatic rings. The van der Waals surface area contributed by atoms with Crippen LogP contribution in [0.2, 0.25) is 0 Å². The Morgan fingerprint density at radius 2 is 1.92 bits per heavy atom. The summed E-state index contributed by atoms with van der Waals surface area (Å²) in [5, 5.41) is 2.96. The number of nitrogens with one attached hydrogen (secondary N) is 1. The molecule has 1 aromatic heterocycles. The molecule has 0 spiro atoms. The number of benzene rings is 1. The number of piperidine rings is 1. The first kappa shape index (κ1) is 17.9. The second-order valence-electron chi connectivity index (χ2n) is 6.37. The van der Waals surface area contributed by atoms with Crippen LogP contribution in [-0.2, 0) is 11.3 Å². The van der Waals surface area contributed by atoms with E-state index in [1.165, 1.54) is 0 Å². The highest BCUT2D eigenvalue weighted by molar-refractivity contribution is 5.94. The zero-order valence-electron chi connectivity index (χ0n) is 14.9. The molecule has 2 amide bonds. The van der Waals surface area contributed by atoms with Crippen LogP contribution >= 0.6 is 0 Å². The summed E-state index contributed by atoms with van der Waals surface area (Å²) in [4.78, 5) is 30.8. The van der Waals surface area contributed by atoms with Gasteiger partial charge in [0.2, 0.25) is 5.91 Å². The Morgan fingerprint density at radius 3 is 2.54 bits per heavy atom. The van der Waals surface area contributed by atoms with E-state index in [1.54, 1.807) is 43.8 Å². The summed E-state index contributed by atoms with van der Waals surface area (Å²) in [6.45, 7) is 1.67. The van der Waals surface area contributed by atoms with Crippen LogP contribution in [0.5, 0.6) is 5.75 Å². The van der Waals surface area contributed by atoms with Crippen molar-refractivity contribution in [1.82, 2.24) is 15.2 Å². The maximum Gasteiger partial charge on any atom is 0.253 e. The normalized spacial score (nSPS) is 14.7. The summed E-state index contributed by atoms with van der Waals surface area (Å²) in [5.74, 6) is 0.726. The number of rotatable bonds is 5. The number of ether oxygens (including phenoxy) is 1. The molecule has 0 unspecified atom stereocenters. The van der Waals surface area contributed by atoms with E-state index in [-0.39, 0.29) is 17.7 Å². The third kappa shape index (κ3) is 4.39. The van der Waals surface area contributed by atoms with E-state index in [2.05, 4.69) is 10.3 Å². The maximum atomic E-state index is 12.6. The number of hydrogen-bond donors (Lipinski definition) is 1. The van der Waals surface area contributed by atoms with E-state index >= 15 is 0 Å². The van der Waals surface area contributed by atoms with E-state index in [1.807, 2.05) is 17.0 Å². The lowest BCUT2D eigenvalue weighted by Crippen LogP contribution is -2.42. The van der Waals surface area contributed by atoms with Gasteiger partial charge in [-0.25, -0.2) is 0 Å². The predicted molar refractivity (Wildman–Crippen MR) is 97.7 cm³/mol. The van der Waals surface area contributed by atoms with Crippen LogP contribution in [0.3, 0.4) is 0 Å². The number of hydrogen-bond acceptors (Lipinski definition) is 4. The van der Waals surface area contributed by atoms with Crippen LogP contribution in [-0.4, -0.2) is 41.9 Å². The first-order valence-corrected chi connectivity index (χ1v) is 8.77. The van der Waals surface area contributed by atoms with Crippen molar-refractivity contribution in [3.05, 3.63) is 59.9 Å². The zero-order chi connectivity index (χ0) is 18.4. The molecule has 0 radical (unpaired) electrons. The fourth-order valence-corrected chi connectivity index (χ4v) is 3.10. The molecule has 1 aliphatic heterocycles. The van der Waals surface area contributed by atoms with Gasteiger partial charge >= 0.3 is 0 Å². The summed E-state index contributed by atoms with van der Waals surface area (Å²) < 4.78 is 5.12. The minimum absolute atomic E-state index is 0.00173. The van der Waals surface area contributed by atoms with E-state index in [4.69, 9.17) is 4.74 Å². The van der Waals surface area contributed by atoms with Crippen molar-refractivity contribution in [3.8, 4) is 5.75 Å². The molecule has 0 bridgehead atoms. The molecule has 1 saturated heterocycles. The van der Waals surface area contributed by atoms with Crippen LogP contribution < -0.4 is 10.1 Å². The first-order chi connectivity index (χ1) is 12.7. The first-order valence-electron chi connectivity index (χ1n) is 8.77. The van der Waals surface area contributed by atoms with Gasteiger partial charge in [-0.1, -0.05) is 6.07 Å². The Hall–Kier alpha value is -2.89. The molecule has 2 aromatic rings. The highest BCUT2D eigenvalue weighted by Crippen LogP contribution is 2.20. The number of likely N-dealkylation sites (tertiary alicyclic amines) is 1. The number of methoxy groups -OCH3 is 1. The minimum Gasteiger partial charge on any atom is -0.497 e. The van der Waals surface area contributed by atoms with E-state index < -0.39 is 0 Å². The molecule has 6 nitrogen and oxygen atoms in total. The Bertz CT molecular complexity index is 739. The van der Waals surface area contributed by atoms with Crippen molar-refractivity contribution in [2.75, 3.05) is 20.2 Å². The molecular weight excluding hydrogens is 330 g/mol. The molecule has 0 saturated carbocycles. The average Bonchev–Trinajstić information content (AvgIpc) is 2.72. The second-order valence-corrected chi connectivity index (χ2v) is 6.37. The Kier molecular flexibility index (Phi) is 5.84. The van der Waals surface area contributed by atoms with Crippen LogP contribution in [0.15, 0.2) is 48.8 Å². The van der Waals surface area contributed by atoms with Crippen LogP contribution in [0.4, 0.5) is 0 Å². The van der Waals surface area contributed by atoms with Gasteiger partial charge < -0.3 is 15.0 Å². The fraction of sp³-hybridized carbons (Fsp3) is 0.350. The summed E-state index contributed by atoms with van der Waals surface area (Å²) >= 11 is 0. The Labute approximate surface area is 153 Å². The highest BCUT2D eigenvalue weighted by Gasteiger charge is 2.27. The van der Waals surface area contributed by atoms with Crippen LogP contribution in [0.25, 0.3) is 0 Å². The van der Waals surface area contributed by atoms with Gasteiger partial charge in [-0.2, -0.15) is 0 Å². The Morgan fingerprint density at radius 1 is 1.19 bits per heavy atom. The predicted octanol–water partition coefficient (Wildman–Crippen LogP) is 2.26. The SMILES string of the molecule is COc1ccc(C(=O)N2CCC(C(=O)NCc3cccnc3)CC2)cc1. The number of carbonyl (C=O) groups excluding carboxylic acids is 2. The number of carbonyl (C=O) groups is 2. The molecule has 1 N–H and O–H groups in total. The fourth-order valence-electron chi connectivity index (χ4n) is 3.10. The number of nitrogens with zero attached hydrogens (tertiary/aromatic N) is 2. The minimum atomic E-state index is -0.0495. The van der Waals surface area contributed by atoms with Crippen molar-refractivity contribution in [2.24, 2.45) is 5.92 Å². The van der Waals surface area contributed by atoms with Crippen LogP contribution in [0.1, 0.15) is 28.8 Å². The third-order valence-electron chi connectivity index (χ3n) is 4.68. The second kappa shape index (κ2) is 8.47. The number of amides is 2. The molecule has 1 aromatic carbocycles. The lowest BCUT2D eigenvalue weighted by molar-refractivity contribution is -0.126. The summed E-state index contributed by atoms with van der Waals surface area (Å²) in [6.07, 6.45) is 4.82. The zero-order valence-corrected chi connectivity index (χ0v) is 14.9. The van der Waals surface area contributed by atoms with E-state index in [0.29, 0.717) is 38.0 Å². The molecule has 26 heavy (non-hydrogen) atoms. The number of aromatic nitrogens is 1. The van der Waals surface area contributed by atoms with Gasteiger partial charge in [0.05, 0.1) is 7.11 Å². The molecule has 0 aliphatic carbocycles. The molecule has 6 heteroatoms. The quantitative estimate of drug-likeness (QED) is 0.895. The van der Waals surface area contributed by atoms with Crippen molar-refractivity contribution in [1.29, 1.82) is 0 Å². The number of pyridine rings is 1. The third-order valence-corrected chi connectivity index (χ3v) is 4.68. The topological polar surface area (TPSA) is 71.5 Å². The van der Waals surface area contributed by atoms with Crippen molar-refractivity contribution >= 4 is 11.8 Å². The monoisotopic (exact) mass is 353 g/mol. The standard InChI is InChI=1S/C20H23N3O3/c1-26-18-6-4-17(5-7-18)20(25)23-11-8-16(9-12-23)19(24)22-14-15-3-2-10-21-13-15/h2-7,10,13,16H,8-9,11-12,14H2,1H3,(H,22,24). The Balaban J connectivity index is 1.48. The summed E-state index contributed by atoms with van der Waals surface area (Å²) in [5.41, 5.74) is 1.62. The van der Waals surface area contributed by atoms with Gasteiger partial charge in [-0.3, -0.25) is 14.6 Å². The smallest absolute Gasteiger partial charge is 0.253 e. The lowest BCUT2D eigenvalue weighted by Gasteiger charge is -2.31. The van der Waals surface area contributed by atoms with Gasteiger partial charge in [0.15, 0.2) is 0 Å². The van der Waals surface area contributed by atoms with Crippen molar-refractivity contribution < 1.29 is 14.3 Å². The highest BCUT2D eigenvalue weighted by atomic mass is 16.5. The van der Waals surface area contributed by atoms with E-state index in [0.717, 1.165) is 11.3 Å². The average molecular weight is 353 g/mol. The maximum absolute atomic E-state index is 12.6. The van der Waals surface area contributed by atoms with Crippen molar-refractivity contribution in [2.45, 2.75) is 19.4 Å². The molecule has 136 valence electrons. The van der Waals surface area contributed by atoms with Gasteiger partial charge in [0, 0.05) is 43.5 Å². The van der Waals surface area contributed by atoms with Gasteiger partial charge in [-0.05, 0) is 48.7 Å². The molecule has 3 rings (SSSR count). The van der Waals surface area contributed by atoms with Crippen molar-refractivity contribution in [3.63, 3.8) is 0 Å². The summed E-state index contributed by atoms with van der Waals surface area (Å²) in [7, 11) is 1.60. The van der Waals surface area contributed by atoms with Crippen LogP contribution in [0, 0.1) is 5.92 Å². The molecular formula is C20H23N3O3. The largest absolute Gasteiger partial charge is 0.497 e. The van der Waals surface area contributed by atoms with Gasteiger partial charge in [0.25, 0.3) is 5.91 Å². The molecule has 1 fully saturated rings. The lowest BCUT2D eigenvalue weighted by atomic mass is 9.95. The van der Waals surface area contributed by atoms with E-state index in [9.17, 15) is 9.59 Å². The molecule has 2 heterocycles. The molecule has 0 atom stereocenters. The van der Waals surface area contributed by atoms with Gasteiger partial charge in [0.1, 0.15) is 5.75 Å². The summed E-state index contributed by atoms with van der Waals surface area (Å²) in [6, 6.07) is 10.9.